The molecular weight excluding hydrogens is 332 g/mol. The average Bonchev–Trinajstić information content (AvgIpc) is 2.64. The van der Waals surface area contributed by atoms with E-state index in [-0.39, 0.29) is 5.04 Å². The van der Waals surface area contributed by atoms with Crippen molar-refractivity contribution >= 4 is 18.7 Å². The molecule has 0 fully saturated rings. The standard InChI is InChI=1S/C24H24OSi/c1-5-6-7-8-9-16-21-25-26(24(2,3)4,22-17-12-10-13-18-22)23-19-14-11-15-20-23/h10-15,17-20H,21H2,1-4H3. The predicted molar refractivity (Wildman–Crippen MR) is 113 cm³/mol. The van der Waals surface area contributed by atoms with Crippen molar-refractivity contribution in [3.63, 3.8) is 0 Å². The van der Waals surface area contributed by atoms with Gasteiger partial charge in [0.15, 0.2) is 0 Å². The molecule has 2 heteroatoms. The first-order valence-corrected chi connectivity index (χ1v) is 10.6. The third-order valence-corrected chi connectivity index (χ3v) is 9.16. The lowest BCUT2D eigenvalue weighted by molar-refractivity contribution is 0.346. The van der Waals surface area contributed by atoms with E-state index in [2.05, 4.69) is 105 Å². The molecule has 26 heavy (non-hydrogen) atoms. The highest BCUT2D eigenvalue weighted by Crippen LogP contribution is 2.36. The summed E-state index contributed by atoms with van der Waals surface area (Å²) in [5.41, 5.74) is 0. The lowest BCUT2D eigenvalue weighted by atomic mass is 10.2. The normalized spacial score (nSPS) is 10.5. The minimum absolute atomic E-state index is 0.0449. The highest BCUT2D eigenvalue weighted by atomic mass is 28.4. The van der Waals surface area contributed by atoms with Crippen LogP contribution in [0.15, 0.2) is 60.7 Å². The molecule has 0 bridgehead atoms. The Labute approximate surface area is 158 Å². The topological polar surface area (TPSA) is 9.23 Å². The van der Waals surface area contributed by atoms with Crippen LogP contribution in [0.4, 0.5) is 0 Å². The largest absolute Gasteiger partial charge is 0.396 e. The van der Waals surface area contributed by atoms with Gasteiger partial charge in [0.05, 0.1) is 6.61 Å². The van der Waals surface area contributed by atoms with E-state index in [0.29, 0.717) is 6.61 Å². The van der Waals surface area contributed by atoms with Crippen LogP contribution in [0.25, 0.3) is 0 Å². The second-order valence-corrected chi connectivity index (χ2v) is 11.2. The molecule has 0 atom stereocenters. The fourth-order valence-electron chi connectivity index (χ4n) is 3.11. The third kappa shape index (κ3) is 4.47. The highest BCUT2D eigenvalue weighted by molar-refractivity contribution is 6.99. The summed E-state index contributed by atoms with van der Waals surface area (Å²) >= 11 is 0. The molecule has 0 amide bonds. The zero-order valence-corrected chi connectivity index (χ0v) is 16.9. The van der Waals surface area contributed by atoms with Crippen molar-refractivity contribution in [1.82, 2.24) is 0 Å². The smallest absolute Gasteiger partial charge is 0.262 e. The fourth-order valence-corrected chi connectivity index (χ4v) is 7.56. The summed E-state index contributed by atoms with van der Waals surface area (Å²) in [6.45, 7) is 8.87. The van der Waals surface area contributed by atoms with Crippen LogP contribution >= 0.6 is 0 Å². The quantitative estimate of drug-likeness (QED) is 0.601. The van der Waals surface area contributed by atoms with Gasteiger partial charge >= 0.3 is 0 Å². The molecule has 0 heterocycles. The molecule has 0 aliphatic carbocycles. The number of hydrogen-bond acceptors (Lipinski definition) is 1. The summed E-state index contributed by atoms with van der Waals surface area (Å²) < 4.78 is 6.63. The van der Waals surface area contributed by atoms with E-state index in [1.165, 1.54) is 10.4 Å². The molecule has 0 unspecified atom stereocenters. The first-order valence-electron chi connectivity index (χ1n) is 8.67. The Morgan fingerprint density at radius 3 is 1.73 bits per heavy atom. The summed E-state index contributed by atoms with van der Waals surface area (Å²) in [5.74, 6) is 16.7. The number of benzene rings is 2. The first kappa shape index (κ1) is 19.6. The van der Waals surface area contributed by atoms with Crippen molar-refractivity contribution in [1.29, 1.82) is 0 Å². The van der Waals surface area contributed by atoms with Crippen molar-refractivity contribution in [2.24, 2.45) is 0 Å². The van der Waals surface area contributed by atoms with Crippen LogP contribution in [-0.4, -0.2) is 14.9 Å². The van der Waals surface area contributed by atoms with Crippen LogP contribution in [0.3, 0.4) is 0 Å². The summed E-state index contributed by atoms with van der Waals surface area (Å²) in [6, 6.07) is 21.1. The van der Waals surface area contributed by atoms with Crippen LogP contribution in [0.1, 0.15) is 27.7 Å². The van der Waals surface area contributed by atoms with Crippen molar-refractivity contribution in [3.8, 4) is 35.5 Å². The summed E-state index contributed by atoms with van der Waals surface area (Å²) in [7, 11) is -2.50. The monoisotopic (exact) mass is 356 g/mol. The maximum Gasteiger partial charge on any atom is 0.262 e. The average molecular weight is 357 g/mol. The SMILES string of the molecule is CC#CC#CC#CCO[Si](c1ccccc1)(c1ccccc1)C(C)(C)C. The van der Waals surface area contributed by atoms with Crippen LogP contribution in [0, 0.1) is 35.5 Å². The fraction of sp³-hybridized carbons (Fsp3) is 0.250. The Morgan fingerprint density at radius 2 is 1.27 bits per heavy atom. The lowest BCUT2D eigenvalue weighted by Crippen LogP contribution is -2.66. The van der Waals surface area contributed by atoms with E-state index >= 15 is 0 Å². The minimum atomic E-state index is -2.50. The molecule has 2 aromatic rings. The van der Waals surface area contributed by atoms with Crippen molar-refractivity contribution in [3.05, 3.63) is 60.7 Å². The van der Waals surface area contributed by atoms with Crippen LogP contribution in [0.5, 0.6) is 0 Å². The van der Waals surface area contributed by atoms with Gasteiger partial charge in [-0.05, 0) is 46.0 Å². The first-order chi connectivity index (χ1) is 12.5. The molecule has 0 aromatic heterocycles. The molecule has 0 spiro atoms. The van der Waals surface area contributed by atoms with Gasteiger partial charge in [-0.3, -0.25) is 0 Å². The maximum absolute atomic E-state index is 6.63. The molecule has 2 rings (SSSR count). The molecule has 2 aromatic carbocycles. The van der Waals surface area contributed by atoms with Gasteiger partial charge in [0, 0.05) is 0 Å². The van der Waals surface area contributed by atoms with E-state index in [9.17, 15) is 0 Å². The zero-order valence-electron chi connectivity index (χ0n) is 15.9. The van der Waals surface area contributed by atoms with Gasteiger partial charge in [-0.1, -0.05) is 93.3 Å². The van der Waals surface area contributed by atoms with Crippen LogP contribution in [-0.2, 0) is 4.43 Å². The highest BCUT2D eigenvalue weighted by Gasteiger charge is 2.49. The summed E-state index contributed by atoms with van der Waals surface area (Å²) in [6.07, 6.45) is 0. The molecule has 0 radical (unpaired) electrons. The second-order valence-electron chi connectivity index (χ2n) is 6.88. The Kier molecular flexibility index (Phi) is 6.88. The van der Waals surface area contributed by atoms with Crippen molar-refractivity contribution in [2.45, 2.75) is 32.7 Å². The molecular formula is C24H24OSi. The molecule has 0 aliphatic rings. The van der Waals surface area contributed by atoms with Gasteiger partial charge in [0.1, 0.15) is 0 Å². The van der Waals surface area contributed by atoms with Gasteiger partial charge in [-0.2, -0.15) is 0 Å². The van der Waals surface area contributed by atoms with Crippen LogP contribution < -0.4 is 10.4 Å². The molecule has 130 valence electrons. The molecule has 0 aliphatic heterocycles. The van der Waals surface area contributed by atoms with E-state index in [1.54, 1.807) is 6.92 Å². The van der Waals surface area contributed by atoms with Gasteiger partial charge < -0.3 is 4.43 Å². The predicted octanol–water partition coefficient (Wildman–Crippen LogP) is 3.59. The van der Waals surface area contributed by atoms with Gasteiger partial charge in [0.25, 0.3) is 8.32 Å². The van der Waals surface area contributed by atoms with E-state index in [4.69, 9.17) is 4.43 Å². The van der Waals surface area contributed by atoms with Gasteiger partial charge in [-0.25, -0.2) is 0 Å². The summed E-state index contributed by atoms with van der Waals surface area (Å²) in [4.78, 5) is 0. The molecule has 0 N–H and O–H groups in total. The minimum Gasteiger partial charge on any atom is -0.396 e. The van der Waals surface area contributed by atoms with Gasteiger partial charge in [0.2, 0.25) is 0 Å². The third-order valence-electron chi connectivity index (χ3n) is 4.18. The van der Waals surface area contributed by atoms with Crippen molar-refractivity contribution in [2.75, 3.05) is 6.61 Å². The molecule has 1 nitrogen and oxygen atoms in total. The molecule has 0 saturated heterocycles. The Balaban J connectivity index is 2.47. The van der Waals surface area contributed by atoms with E-state index < -0.39 is 8.32 Å². The van der Waals surface area contributed by atoms with Crippen LogP contribution in [0.2, 0.25) is 5.04 Å². The lowest BCUT2D eigenvalue weighted by Gasteiger charge is -2.42. The maximum atomic E-state index is 6.63. The zero-order chi connectivity index (χ0) is 18.9. The Morgan fingerprint density at radius 1 is 0.769 bits per heavy atom. The number of rotatable bonds is 4. The summed E-state index contributed by atoms with van der Waals surface area (Å²) in [5, 5.41) is 2.46. The second kappa shape index (κ2) is 9.12. The Bertz CT molecular complexity index is 849. The van der Waals surface area contributed by atoms with Gasteiger partial charge in [-0.15, -0.1) is 0 Å². The van der Waals surface area contributed by atoms with E-state index in [1.807, 2.05) is 12.1 Å². The number of hydrogen-bond donors (Lipinski definition) is 0. The van der Waals surface area contributed by atoms with E-state index in [0.717, 1.165) is 0 Å². The Hall–Kier alpha value is -2.70. The molecule has 0 saturated carbocycles. The van der Waals surface area contributed by atoms with Crippen molar-refractivity contribution < 1.29 is 4.43 Å².